The van der Waals surface area contributed by atoms with Crippen LogP contribution in [0.4, 0.5) is 0 Å². The van der Waals surface area contributed by atoms with E-state index in [9.17, 15) is 4.79 Å². The van der Waals surface area contributed by atoms with Gasteiger partial charge in [-0.25, -0.2) is 4.68 Å². The largest absolute Gasteiger partial charge is 0.340 e. The number of amides is 1. The molecular weight excluding hydrogens is 366 g/mol. The summed E-state index contributed by atoms with van der Waals surface area (Å²) >= 11 is 0. The predicted octanol–water partition coefficient (Wildman–Crippen LogP) is 1.78. The lowest BCUT2D eigenvalue weighted by atomic mass is 10.1. The number of benzene rings is 2. The Labute approximate surface area is 167 Å². The van der Waals surface area contributed by atoms with Crippen molar-refractivity contribution in [3.05, 3.63) is 60.3 Å². The van der Waals surface area contributed by atoms with Crippen molar-refractivity contribution in [1.29, 1.82) is 0 Å². The lowest BCUT2D eigenvalue weighted by Gasteiger charge is -2.27. The molecule has 0 radical (unpaired) electrons. The first kappa shape index (κ1) is 17.6. The van der Waals surface area contributed by atoms with Gasteiger partial charge in [-0.15, -0.1) is 5.10 Å². The minimum absolute atomic E-state index is 0.158. The molecule has 1 fully saturated rings. The van der Waals surface area contributed by atoms with Gasteiger partial charge in [-0.1, -0.05) is 35.5 Å². The van der Waals surface area contributed by atoms with Crippen molar-refractivity contribution in [3.8, 4) is 17.1 Å². The fourth-order valence-corrected chi connectivity index (χ4v) is 3.67. The zero-order valence-electron chi connectivity index (χ0n) is 15.9. The topological polar surface area (TPSA) is 91.7 Å². The highest BCUT2D eigenvalue weighted by molar-refractivity contribution is 5.91. The normalized spacial score (nSPS) is 14.4. The van der Waals surface area contributed by atoms with Gasteiger partial charge in [0.25, 0.3) is 0 Å². The number of hydrogen-bond donors (Lipinski definition) is 2. The monoisotopic (exact) mass is 387 g/mol. The number of nitrogens with one attached hydrogen (secondary N) is 2. The first-order chi connectivity index (χ1) is 14.3. The van der Waals surface area contributed by atoms with Crippen molar-refractivity contribution < 1.29 is 4.79 Å². The molecule has 4 aromatic rings. The van der Waals surface area contributed by atoms with Gasteiger partial charge in [-0.05, 0) is 23.8 Å². The Hall–Kier alpha value is -3.52. The number of hydrogen-bond acceptors (Lipinski definition) is 5. The van der Waals surface area contributed by atoms with E-state index in [4.69, 9.17) is 0 Å². The fraction of sp³-hybridized carbons (Fsp3) is 0.238. The molecule has 29 heavy (non-hydrogen) atoms. The Kier molecular flexibility index (Phi) is 4.53. The van der Waals surface area contributed by atoms with Crippen molar-refractivity contribution in [2.24, 2.45) is 0 Å². The Balaban J connectivity index is 1.38. The van der Waals surface area contributed by atoms with Gasteiger partial charge < -0.3 is 10.2 Å². The number of aromatic amines is 1. The molecule has 1 saturated heterocycles. The average Bonchev–Trinajstić information content (AvgIpc) is 3.42. The van der Waals surface area contributed by atoms with Crippen LogP contribution in [0.5, 0.6) is 0 Å². The number of piperazine rings is 1. The van der Waals surface area contributed by atoms with Crippen molar-refractivity contribution >= 4 is 16.8 Å². The molecule has 2 aromatic carbocycles. The van der Waals surface area contributed by atoms with Crippen molar-refractivity contribution in [2.45, 2.75) is 6.42 Å². The van der Waals surface area contributed by atoms with Gasteiger partial charge in [0.1, 0.15) is 11.4 Å². The highest BCUT2D eigenvalue weighted by Gasteiger charge is 2.17. The summed E-state index contributed by atoms with van der Waals surface area (Å²) in [6.45, 7) is 3.25. The molecule has 3 heterocycles. The molecular formula is C21H21N7O. The molecule has 0 spiro atoms. The van der Waals surface area contributed by atoms with Gasteiger partial charge in [0.2, 0.25) is 5.91 Å². The van der Waals surface area contributed by atoms with Crippen LogP contribution < -0.4 is 5.32 Å². The SMILES string of the molecule is O=C(Cc1cccc(-n2cc(-c3n[nH]c4ccccc34)nn2)c1)N1CCNCC1. The van der Waals surface area contributed by atoms with Gasteiger partial charge in [-0.2, -0.15) is 5.10 Å². The van der Waals surface area contributed by atoms with Crippen LogP contribution >= 0.6 is 0 Å². The first-order valence-electron chi connectivity index (χ1n) is 9.71. The maximum absolute atomic E-state index is 12.6. The molecule has 8 nitrogen and oxygen atoms in total. The Morgan fingerprint density at radius 3 is 2.83 bits per heavy atom. The van der Waals surface area contributed by atoms with E-state index < -0.39 is 0 Å². The standard InChI is InChI=1S/C21H21N7O/c29-20(27-10-8-22-9-11-27)13-15-4-3-5-16(12-15)28-14-19(24-26-28)21-17-6-1-2-7-18(17)23-25-21/h1-7,12,14,22H,8-11,13H2,(H,23,25). The molecule has 5 rings (SSSR count). The van der Waals surface area contributed by atoms with Crippen molar-refractivity contribution in [3.63, 3.8) is 0 Å². The average molecular weight is 387 g/mol. The van der Waals surface area contributed by atoms with E-state index >= 15 is 0 Å². The molecule has 0 atom stereocenters. The zero-order chi connectivity index (χ0) is 19.6. The number of aromatic nitrogens is 5. The number of para-hydroxylation sites is 1. The van der Waals surface area contributed by atoms with Gasteiger partial charge in [0, 0.05) is 31.6 Å². The summed E-state index contributed by atoms with van der Waals surface area (Å²) in [6.07, 6.45) is 2.25. The van der Waals surface area contributed by atoms with Crippen molar-refractivity contribution in [1.82, 2.24) is 35.4 Å². The lowest BCUT2D eigenvalue weighted by molar-refractivity contribution is -0.131. The predicted molar refractivity (Wildman–Crippen MR) is 110 cm³/mol. The molecule has 146 valence electrons. The molecule has 8 heteroatoms. The van der Waals surface area contributed by atoms with E-state index in [1.165, 1.54) is 0 Å². The molecule has 2 N–H and O–H groups in total. The van der Waals surface area contributed by atoms with Gasteiger partial charge >= 0.3 is 0 Å². The molecule has 2 aromatic heterocycles. The smallest absolute Gasteiger partial charge is 0.227 e. The minimum Gasteiger partial charge on any atom is -0.340 e. The van der Waals surface area contributed by atoms with Crippen LogP contribution in [-0.4, -0.2) is 62.2 Å². The summed E-state index contributed by atoms with van der Waals surface area (Å²) in [5.74, 6) is 0.158. The first-order valence-corrected chi connectivity index (χ1v) is 9.71. The van der Waals surface area contributed by atoms with E-state index in [-0.39, 0.29) is 5.91 Å². The van der Waals surface area contributed by atoms with E-state index in [1.807, 2.05) is 59.6 Å². The summed E-state index contributed by atoms with van der Waals surface area (Å²) in [4.78, 5) is 14.5. The maximum Gasteiger partial charge on any atom is 0.227 e. The summed E-state index contributed by atoms with van der Waals surface area (Å²) in [6, 6.07) is 15.8. The molecule has 1 amide bonds. The highest BCUT2D eigenvalue weighted by Crippen LogP contribution is 2.24. The van der Waals surface area contributed by atoms with E-state index in [0.29, 0.717) is 12.1 Å². The Bertz CT molecular complexity index is 1160. The van der Waals surface area contributed by atoms with E-state index in [2.05, 4.69) is 25.8 Å². The molecule has 1 aliphatic rings. The second-order valence-corrected chi connectivity index (χ2v) is 7.14. The quantitative estimate of drug-likeness (QED) is 0.557. The number of rotatable bonds is 4. The zero-order valence-corrected chi connectivity index (χ0v) is 15.9. The summed E-state index contributed by atoms with van der Waals surface area (Å²) in [5, 5.41) is 20.3. The third kappa shape index (κ3) is 3.50. The number of carbonyl (C=O) groups is 1. The van der Waals surface area contributed by atoms with Gasteiger partial charge in [0.15, 0.2) is 0 Å². The Morgan fingerprint density at radius 1 is 1.07 bits per heavy atom. The van der Waals surface area contributed by atoms with Crippen LogP contribution in [0.25, 0.3) is 28.0 Å². The van der Waals surface area contributed by atoms with Gasteiger partial charge in [0.05, 0.1) is 23.8 Å². The second kappa shape index (κ2) is 7.48. The fourth-order valence-electron chi connectivity index (χ4n) is 3.67. The minimum atomic E-state index is 0.158. The van der Waals surface area contributed by atoms with Crippen molar-refractivity contribution in [2.75, 3.05) is 26.2 Å². The number of carbonyl (C=O) groups excluding carboxylic acids is 1. The maximum atomic E-state index is 12.6. The third-order valence-electron chi connectivity index (χ3n) is 5.21. The summed E-state index contributed by atoms with van der Waals surface area (Å²) in [7, 11) is 0. The number of fused-ring (bicyclic) bond motifs is 1. The third-order valence-corrected chi connectivity index (χ3v) is 5.21. The second-order valence-electron chi connectivity index (χ2n) is 7.14. The molecule has 0 saturated carbocycles. The molecule has 0 aliphatic carbocycles. The van der Waals surface area contributed by atoms with Crippen LogP contribution in [-0.2, 0) is 11.2 Å². The lowest BCUT2D eigenvalue weighted by Crippen LogP contribution is -2.46. The summed E-state index contributed by atoms with van der Waals surface area (Å²) < 4.78 is 1.72. The van der Waals surface area contributed by atoms with Crippen LogP contribution in [0.1, 0.15) is 5.56 Å². The molecule has 0 bridgehead atoms. The molecule has 0 unspecified atom stereocenters. The molecule has 1 aliphatic heterocycles. The van der Waals surface area contributed by atoms with Crippen LogP contribution in [0, 0.1) is 0 Å². The highest BCUT2D eigenvalue weighted by atomic mass is 16.2. The van der Waals surface area contributed by atoms with Crippen LogP contribution in [0.2, 0.25) is 0 Å². The van der Waals surface area contributed by atoms with Crippen LogP contribution in [0.15, 0.2) is 54.7 Å². The summed E-state index contributed by atoms with van der Waals surface area (Å²) in [5.41, 5.74) is 4.27. The van der Waals surface area contributed by atoms with E-state index in [0.717, 1.165) is 54.0 Å². The number of H-pyrrole nitrogens is 1. The van der Waals surface area contributed by atoms with E-state index in [1.54, 1.807) is 4.68 Å². The number of nitrogens with zero attached hydrogens (tertiary/aromatic N) is 5. The Morgan fingerprint density at radius 2 is 1.93 bits per heavy atom. The van der Waals surface area contributed by atoms with Crippen LogP contribution in [0.3, 0.4) is 0 Å². The van der Waals surface area contributed by atoms with Gasteiger partial charge in [-0.3, -0.25) is 9.89 Å².